The van der Waals surface area contributed by atoms with Crippen LogP contribution in [0.1, 0.15) is 5.56 Å². The Morgan fingerprint density at radius 2 is 2.11 bits per heavy atom. The number of hydrogen-bond acceptors (Lipinski definition) is 4. The quantitative estimate of drug-likeness (QED) is 0.750. The van der Waals surface area contributed by atoms with Crippen molar-refractivity contribution in [3.63, 3.8) is 0 Å². The minimum Gasteiger partial charge on any atom is -0.331 e. The van der Waals surface area contributed by atoms with Crippen molar-refractivity contribution in [2.75, 3.05) is 5.32 Å². The molecule has 1 heterocycles. The van der Waals surface area contributed by atoms with E-state index in [1.54, 1.807) is 12.1 Å². The van der Waals surface area contributed by atoms with Crippen LogP contribution in [0.5, 0.6) is 0 Å². The fourth-order valence-electron chi connectivity index (χ4n) is 1.74. The summed E-state index contributed by atoms with van der Waals surface area (Å²) in [6.45, 7) is 0. The summed E-state index contributed by atoms with van der Waals surface area (Å²) in [6.07, 6.45) is 0. The number of aromatic nitrogens is 1. The maximum absolute atomic E-state index is 8.87. The van der Waals surface area contributed by atoms with Crippen molar-refractivity contribution in [2.45, 2.75) is 0 Å². The van der Waals surface area contributed by atoms with E-state index in [0.29, 0.717) is 10.6 Å². The predicted octanol–water partition coefficient (Wildman–Crippen LogP) is 4.56. The molecule has 0 atom stereocenters. The molecular weight excluding hydrogens is 278 g/mol. The number of fused-ring (bicyclic) bond motifs is 1. The lowest BCUT2D eigenvalue weighted by molar-refractivity contribution is 1.43. The van der Waals surface area contributed by atoms with Crippen LogP contribution >= 0.6 is 22.9 Å². The molecule has 0 saturated carbocycles. The second-order valence-corrected chi connectivity index (χ2v) is 5.42. The molecule has 0 aliphatic rings. The van der Waals surface area contributed by atoms with Crippen molar-refractivity contribution >= 4 is 44.0 Å². The third-order valence-corrected chi connectivity index (χ3v) is 3.76. The molecule has 1 aromatic heterocycles. The minimum atomic E-state index is 0.620. The summed E-state index contributed by atoms with van der Waals surface area (Å²) in [5, 5.41) is 13.6. The number of rotatable bonds is 2. The summed E-state index contributed by atoms with van der Waals surface area (Å²) in [5.74, 6) is 0. The SMILES string of the molecule is N#Cc1cccc(Nc2nc3ccc(Cl)cc3s2)c1. The van der Waals surface area contributed by atoms with Crippen molar-refractivity contribution in [3.8, 4) is 6.07 Å². The molecule has 0 spiro atoms. The molecule has 0 aliphatic heterocycles. The van der Waals surface area contributed by atoms with Gasteiger partial charge in [0.1, 0.15) is 0 Å². The smallest absolute Gasteiger partial charge is 0.188 e. The Balaban J connectivity index is 1.94. The largest absolute Gasteiger partial charge is 0.331 e. The van der Waals surface area contributed by atoms with Crippen molar-refractivity contribution in [2.24, 2.45) is 0 Å². The van der Waals surface area contributed by atoms with Crippen LogP contribution in [-0.4, -0.2) is 4.98 Å². The molecule has 1 N–H and O–H groups in total. The number of nitrogens with zero attached hydrogens (tertiary/aromatic N) is 2. The first-order valence-corrected chi connectivity index (χ1v) is 6.77. The van der Waals surface area contributed by atoms with Crippen LogP contribution in [0.3, 0.4) is 0 Å². The highest BCUT2D eigenvalue weighted by Crippen LogP contribution is 2.30. The van der Waals surface area contributed by atoms with Gasteiger partial charge in [0.15, 0.2) is 5.13 Å². The summed E-state index contributed by atoms with van der Waals surface area (Å²) in [4.78, 5) is 4.47. The van der Waals surface area contributed by atoms with Crippen LogP contribution < -0.4 is 5.32 Å². The van der Waals surface area contributed by atoms with E-state index in [1.165, 1.54) is 11.3 Å². The van der Waals surface area contributed by atoms with Crippen LogP contribution in [0.4, 0.5) is 10.8 Å². The number of nitrogens with one attached hydrogen (secondary N) is 1. The third-order valence-electron chi connectivity index (χ3n) is 2.59. The molecule has 0 amide bonds. The number of anilines is 2. The molecule has 0 unspecified atom stereocenters. The number of nitriles is 1. The summed E-state index contributed by atoms with van der Waals surface area (Å²) >= 11 is 7.48. The summed E-state index contributed by atoms with van der Waals surface area (Å²) in [6, 6.07) is 15.0. The van der Waals surface area contributed by atoms with E-state index in [2.05, 4.69) is 16.4 Å². The highest BCUT2D eigenvalue weighted by molar-refractivity contribution is 7.22. The van der Waals surface area contributed by atoms with Gasteiger partial charge in [0.2, 0.25) is 0 Å². The topological polar surface area (TPSA) is 48.7 Å². The standard InChI is InChI=1S/C14H8ClN3S/c15-10-4-5-12-13(7-10)19-14(18-12)17-11-3-1-2-9(6-11)8-16/h1-7H,(H,17,18). The molecule has 19 heavy (non-hydrogen) atoms. The fraction of sp³-hybridized carbons (Fsp3) is 0. The predicted molar refractivity (Wildman–Crippen MR) is 79.1 cm³/mol. The number of thiazole rings is 1. The molecule has 0 saturated heterocycles. The van der Waals surface area contributed by atoms with Gasteiger partial charge in [0.05, 0.1) is 21.8 Å². The van der Waals surface area contributed by atoms with Gasteiger partial charge in [-0.15, -0.1) is 0 Å². The molecular formula is C14H8ClN3S. The Morgan fingerprint density at radius 3 is 2.95 bits per heavy atom. The fourth-order valence-corrected chi connectivity index (χ4v) is 2.90. The monoisotopic (exact) mass is 285 g/mol. The summed E-state index contributed by atoms with van der Waals surface area (Å²) in [5.41, 5.74) is 2.38. The molecule has 0 bridgehead atoms. The number of benzene rings is 2. The van der Waals surface area contributed by atoms with E-state index in [9.17, 15) is 0 Å². The van der Waals surface area contributed by atoms with E-state index in [4.69, 9.17) is 16.9 Å². The van der Waals surface area contributed by atoms with Crippen molar-refractivity contribution < 1.29 is 0 Å². The van der Waals surface area contributed by atoms with Gasteiger partial charge >= 0.3 is 0 Å². The van der Waals surface area contributed by atoms with Gasteiger partial charge in [-0.2, -0.15) is 5.26 Å². The van der Waals surface area contributed by atoms with Gasteiger partial charge in [-0.25, -0.2) is 4.98 Å². The van der Waals surface area contributed by atoms with E-state index in [1.807, 2.05) is 30.3 Å². The van der Waals surface area contributed by atoms with Crippen molar-refractivity contribution in [3.05, 3.63) is 53.1 Å². The second-order valence-electron chi connectivity index (χ2n) is 3.95. The van der Waals surface area contributed by atoms with E-state index < -0.39 is 0 Å². The average Bonchev–Trinajstić information content (AvgIpc) is 2.80. The van der Waals surface area contributed by atoms with E-state index >= 15 is 0 Å². The third kappa shape index (κ3) is 2.53. The first kappa shape index (κ1) is 12.0. The Morgan fingerprint density at radius 1 is 1.21 bits per heavy atom. The van der Waals surface area contributed by atoms with Gasteiger partial charge < -0.3 is 5.32 Å². The lowest BCUT2D eigenvalue weighted by Gasteiger charge is -2.01. The van der Waals surface area contributed by atoms with Gasteiger partial charge in [-0.1, -0.05) is 29.0 Å². The Bertz CT molecular complexity index is 789. The summed E-state index contributed by atoms with van der Waals surface area (Å²) in [7, 11) is 0. The zero-order chi connectivity index (χ0) is 13.2. The van der Waals surface area contributed by atoms with Crippen LogP contribution in [0, 0.1) is 11.3 Å². The Kier molecular flexibility index (Phi) is 3.08. The zero-order valence-electron chi connectivity index (χ0n) is 9.72. The lowest BCUT2D eigenvalue weighted by atomic mass is 10.2. The molecule has 0 radical (unpaired) electrons. The van der Waals surface area contributed by atoms with Crippen molar-refractivity contribution in [1.29, 1.82) is 5.26 Å². The first-order chi connectivity index (χ1) is 9.24. The first-order valence-electron chi connectivity index (χ1n) is 5.58. The maximum atomic E-state index is 8.87. The van der Waals surface area contributed by atoms with Crippen LogP contribution in [-0.2, 0) is 0 Å². The molecule has 2 aromatic carbocycles. The normalized spacial score (nSPS) is 10.3. The molecule has 3 nitrogen and oxygen atoms in total. The van der Waals surface area contributed by atoms with Gasteiger partial charge in [-0.05, 0) is 36.4 Å². The van der Waals surface area contributed by atoms with Gasteiger partial charge in [0.25, 0.3) is 0 Å². The van der Waals surface area contributed by atoms with E-state index in [0.717, 1.165) is 21.0 Å². The minimum absolute atomic E-state index is 0.620. The van der Waals surface area contributed by atoms with Crippen LogP contribution in [0.25, 0.3) is 10.2 Å². The van der Waals surface area contributed by atoms with E-state index in [-0.39, 0.29) is 0 Å². The van der Waals surface area contributed by atoms with Gasteiger partial charge in [-0.3, -0.25) is 0 Å². The Hall–Kier alpha value is -2.09. The highest BCUT2D eigenvalue weighted by Gasteiger charge is 2.05. The van der Waals surface area contributed by atoms with Crippen LogP contribution in [0.2, 0.25) is 5.02 Å². The molecule has 3 rings (SSSR count). The maximum Gasteiger partial charge on any atom is 0.188 e. The molecule has 0 fully saturated rings. The number of halogens is 1. The lowest BCUT2D eigenvalue weighted by Crippen LogP contribution is -1.89. The number of hydrogen-bond donors (Lipinski definition) is 1. The Labute approximate surface area is 119 Å². The molecule has 0 aliphatic carbocycles. The zero-order valence-corrected chi connectivity index (χ0v) is 11.3. The highest BCUT2D eigenvalue weighted by atomic mass is 35.5. The van der Waals surface area contributed by atoms with Crippen molar-refractivity contribution in [1.82, 2.24) is 4.98 Å². The summed E-state index contributed by atoms with van der Waals surface area (Å²) < 4.78 is 1.03. The molecule has 5 heteroatoms. The molecule has 3 aromatic rings. The van der Waals surface area contributed by atoms with Gasteiger partial charge in [0, 0.05) is 10.7 Å². The molecule has 92 valence electrons. The second kappa shape index (κ2) is 4.88. The average molecular weight is 286 g/mol. The van der Waals surface area contributed by atoms with Crippen LogP contribution in [0.15, 0.2) is 42.5 Å².